The number of aromatic nitrogens is 2. The topological polar surface area (TPSA) is 71.3 Å². The quantitative estimate of drug-likeness (QED) is 0.444. The molecule has 29 heavy (non-hydrogen) atoms. The van der Waals surface area contributed by atoms with Gasteiger partial charge in [-0.3, -0.25) is 9.69 Å². The third-order valence-electron chi connectivity index (χ3n) is 5.13. The molecule has 1 unspecified atom stereocenters. The largest absolute Gasteiger partial charge is 0.461 e. The van der Waals surface area contributed by atoms with Crippen molar-refractivity contribution in [2.75, 3.05) is 25.9 Å². The highest BCUT2D eigenvalue weighted by Gasteiger charge is 2.26. The minimum absolute atomic E-state index is 0.126. The van der Waals surface area contributed by atoms with E-state index in [0.717, 1.165) is 13.1 Å². The Morgan fingerprint density at radius 3 is 2.79 bits per heavy atom. The van der Waals surface area contributed by atoms with Crippen molar-refractivity contribution in [2.24, 2.45) is 0 Å². The average molecular weight is 429 g/mol. The first kappa shape index (κ1) is 20.1. The molecule has 1 aliphatic heterocycles. The van der Waals surface area contributed by atoms with Gasteiger partial charge in [-0.1, -0.05) is 6.07 Å². The molecule has 0 aromatic carbocycles. The molecule has 152 valence electrons. The van der Waals surface area contributed by atoms with Gasteiger partial charge < -0.3 is 9.73 Å². The molecule has 0 spiro atoms. The van der Waals surface area contributed by atoms with Crippen LogP contribution in [0, 0.1) is 6.92 Å². The van der Waals surface area contributed by atoms with E-state index in [-0.39, 0.29) is 11.9 Å². The van der Waals surface area contributed by atoms with E-state index in [4.69, 9.17) is 4.42 Å². The van der Waals surface area contributed by atoms with Crippen molar-refractivity contribution >= 4 is 29.0 Å². The summed E-state index contributed by atoms with van der Waals surface area (Å²) < 4.78 is 5.41. The van der Waals surface area contributed by atoms with Crippen LogP contribution < -0.4 is 5.32 Å². The smallest absolute Gasteiger partial charge is 0.255 e. The molecule has 1 N–H and O–H groups in total. The van der Waals surface area contributed by atoms with Gasteiger partial charge in [0.15, 0.2) is 11.6 Å². The Morgan fingerprint density at radius 1 is 1.31 bits per heavy atom. The lowest BCUT2D eigenvalue weighted by Gasteiger charge is -2.27. The maximum atomic E-state index is 13.1. The highest BCUT2D eigenvalue weighted by Crippen LogP contribution is 2.29. The third kappa shape index (κ3) is 4.39. The first-order valence-corrected chi connectivity index (χ1v) is 11.8. The Labute approximate surface area is 178 Å². The monoisotopic (exact) mass is 428 g/mol. The summed E-state index contributed by atoms with van der Waals surface area (Å²) in [4.78, 5) is 25.9. The number of aryl methyl sites for hydroxylation is 1. The van der Waals surface area contributed by atoms with Gasteiger partial charge in [-0.05, 0) is 62.7 Å². The Hall–Kier alpha value is -2.16. The molecule has 6 nitrogen and oxygen atoms in total. The molecule has 1 aliphatic rings. The van der Waals surface area contributed by atoms with Gasteiger partial charge >= 0.3 is 0 Å². The number of thioether (sulfide) groups is 1. The molecular formula is C21H24N4O2S2. The summed E-state index contributed by atoms with van der Waals surface area (Å²) in [7, 11) is 0. The molecule has 0 saturated carbocycles. The normalized spacial score (nSPS) is 15.5. The van der Waals surface area contributed by atoms with Crippen molar-refractivity contribution in [3.63, 3.8) is 0 Å². The first-order chi connectivity index (χ1) is 14.2. The van der Waals surface area contributed by atoms with Crippen LogP contribution in [0.1, 0.15) is 39.8 Å². The number of nitrogens with one attached hydrogen (secondary N) is 1. The van der Waals surface area contributed by atoms with Gasteiger partial charge in [0, 0.05) is 11.4 Å². The molecule has 1 fully saturated rings. The lowest BCUT2D eigenvalue weighted by Crippen LogP contribution is -2.37. The molecule has 0 bridgehead atoms. The SMILES string of the molecule is CSc1nc(-c2ccco2)nc(C)c1C(=O)NCC(c1cccs1)N1CCCC1. The predicted octanol–water partition coefficient (Wildman–Crippen LogP) is 4.40. The Balaban J connectivity index is 1.54. The molecular weight excluding hydrogens is 404 g/mol. The second kappa shape index (κ2) is 9.11. The van der Waals surface area contributed by atoms with Crippen LogP contribution in [-0.2, 0) is 0 Å². The number of carbonyl (C=O) groups is 1. The Morgan fingerprint density at radius 2 is 2.14 bits per heavy atom. The van der Waals surface area contributed by atoms with Gasteiger partial charge in [0.25, 0.3) is 5.91 Å². The van der Waals surface area contributed by atoms with E-state index < -0.39 is 0 Å². The second-order valence-corrected chi connectivity index (χ2v) is 8.75. The van der Waals surface area contributed by atoms with Crippen LogP contribution >= 0.6 is 23.1 Å². The molecule has 4 heterocycles. The number of hydrogen-bond donors (Lipinski definition) is 1. The van der Waals surface area contributed by atoms with Crippen LogP contribution in [0.3, 0.4) is 0 Å². The molecule has 1 saturated heterocycles. The molecule has 3 aromatic rings. The highest BCUT2D eigenvalue weighted by atomic mass is 32.2. The fourth-order valence-electron chi connectivity index (χ4n) is 3.69. The standard InChI is InChI=1S/C21H24N4O2S2/c1-14-18(21(28-2)24-19(23-14)16-7-5-11-27-16)20(26)22-13-15(17-8-6-12-29-17)25-9-3-4-10-25/h5-8,11-12,15H,3-4,9-10,13H2,1-2H3,(H,22,26). The number of thiophene rings is 1. The Bertz CT molecular complexity index is 951. The minimum atomic E-state index is -0.126. The predicted molar refractivity (Wildman–Crippen MR) is 116 cm³/mol. The van der Waals surface area contributed by atoms with Crippen LogP contribution in [0.2, 0.25) is 0 Å². The molecule has 1 atom stereocenters. The number of nitrogens with zero attached hydrogens (tertiary/aromatic N) is 3. The average Bonchev–Trinajstić information content (AvgIpc) is 3.50. The zero-order valence-corrected chi connectivity index (χ0v) is 18.2. The molecule has 0 aliphatic carbocycles. The van der Waals surface area contributed by atoms with Crippen LogP contribution in [0.15, 0.2) is 45.4 Å². The lowest BCUT2D eigenvalue weighted by atomic mass is 10.2. The molecule has 0 radical (unpaired) electrons. The number of amides is 1. The fraction of sp³-hybridized carbons (Fsp3) is 0.381. The van der Waals surface area contributed by atoms with Crippen molar-refractivity contribution in [3.05, 3.63) is 52.0 Å². The van der Waals surface area contributed by atoms with E-state index in [1.165, 1.54) is 29.5 Å². The van der Waals surface area contributed by atoms with Crippen molar-refractivity contribution in [1.29, 1.82) is 0 Å². The number of rotatable bonds is 7. The number of furan rings is 1. The Kier molecular flexibility index (Phi) is 6.32. The van der Waals surface area contributed by atoms with Gasteiger partial charge in [-0.2, -0.15) is 0 Å². The van der Waals surface area contributed by atoms with Gasteiger partial charge in [-0.25, -0.2) is 9.97 Å². The van der Waals surface area contributed by atoms with Crippen LogP contribution in [0.4, 0.5) is 0 Å². The summed E-state index contributed by atoms with van der Waals surface area (Å²) >= 11 is 3.19. The van der Waals surface area contributed by atoms with Crippen molar-refractivity contribution in [1.82, 2.24) is 20.2 Å². The zero-order chi connectivity index (χ0) is 20.2. The molecule has 8 heteroatoms. The molecule has 3 aromatic heterocycles. The summed E-state index contributed by atoms with van der Waals surface area (Å²) in [6.45, 7) is 4.58. The minimum Gasteiger partial charge on any atom is -0.461 e. The highest BCUT2D eigenvalue weighted by molar-refractivity contribution is 7.98. The van der Waals surface area contributed by atoms with Gasteiger partial charge in [0.05, 0.1) is 23.6 Å². The van der Waals surface area contributed by atoms with Crippen molar-refractivity contribution in [2.45, 2.75) is 30.8 Å². The van der Waals surface area contributed by atoms with E-state index in [9.17, 15) is 4.79 Å². The van der Waals surface area contributed by atoms with Gasteiger partial charge in [-0.15, -0.1) is 23.1 Å². The van der Waals surface area contributed by atoms with E-state index in [0.29, 0.717) is 34.4 Å². The number of likely N-dealkylation sites (tertiary alicyclic amines) is 1. The lowest BCUT2D eigenvalue weighted by molar-refractivity contribution is 0.0933. The van der Waals surface area contributed by atoms with Crippen LogP contribution in [0.25, 0.3) is 11.6 Å². The summed E-state index contributed by atoms with van der Waals surface area (Å²) in [5, 5.41) is 5.90. The van der Waals surface area contributed by atoms with Crippen molar-refractivity contribution < 1.29 is 9.21 Å². The zero-order valence-electron chi connectivity index (χ0n) is 16.6. The maximum Gasteiger partial charge on any atom is 0.255 e. The molecule has 4 rings (SSSR count). The number of hydrogen-bond acceptors (Lipinski definition) is 7. The summed E-state index contributed by atoms with van der Waals surface area (Å²) in [5.41, 5.74) is 1.20. The fourth-order valence-corrected chi connectivity index (χ4v) is 5.18. The van der Waals surface area contributed by atoms with Crippen LogP contribution in [-0.4, -0.2) is 46.7 Å². The maximum absolute atomic E-state index is 13.1. The summed E-state index contributed by atoms with van der Waals surface area (Å²) in [6, 6.07) is 8.06. The third-order valence-corrected chi connectivity index (χ3v) is 6.78. The summed E-state index contributed by atoms with van der Waals surface area (Å²) in [6.07, 6.45) is 5.95. The number of carbonyl (C=O) groups excluding carboxylic acids is 1. The van der Waals surface area contributed by atoms with E-state index in [1.807, 2.05) is 19.2 Å². The summed E-state index contributed by atoms with van der Waals surface area (Å²) in [5.74, 6) is 0.975. The van der Waals surface area contributed by atoms with Gasteiger partial charge in [0.2, 0.25) is 0 Å². The molecule has 1 amide bonds. The van der Waals surface area contributed by atoms with E-state index in [2.05, 4.69) is 37.7 Å². The van der Waals surface area contributed by atoms with Gasteiger partial charge in [0.1, 0.15) is 5.03 Å². The second-order valence-electron chi connectivity index (χ2n) is 6.98. The van der Waals surface area contributed by atoms with E-state index >= 15 is 0 Å². The first-order valence-electron chi connectivity index (χ1n) is 9.69. The van der Waals surface area contributed by atoms with Crippen LogP contribution in [0.5, 0.6) is 0 Å². The van der Waals surface area contributed by atoms with E-state index in [1.54, 1.807) is 23.7 Å². The van der Waals surface area contributed by atoms with Crippen molar-refractivity contribution in [3.8, 4) is 11.6 Å².